The van der Waals surface area contributed by atoms with E-state index in [0.29, 0.717) is 13.2 Å². The number of benzene rings is 1. The van der Waals surface area contributed by atoms with Gasteiger partial charge in [-0.25, -0.2) is 0 Å². The van der Waals surface area contributed by atoms with Crippen LogP contribution in [-0.2, 0) is 9.47 Å². The second kappa shape index (κ2) is 8.09. The number of ether oxygens (including phenoxy) is 3. The molecular weight excluding hydrogens is 216 g/mol. The van der Waals surface area contributed by atoms with Crippen molar-refractivity contribution in [3.8, 4) is 5.75 Å². The Bertz CT molecular complexity index is 285. The smallest absolute Gasteiger partial charge is 0.157 e. The lowest BCUT2D eigenvalue weighted by Crippen LogP contribution is -2.22. The number of rotatable bonds is 8. The molecule has 96 valence electrons. The molecule has 1 aromatic rings. The minimum absolute atomic E-state index is 0.130. The van der Waals surface area contributed by atoms with Gasteiger partial charge in [0.25, 0.3) is 0 Å². The van der Waals surface area contributed by atoms with Crippen molar-refractivity contribution >= 4 is 0 Å². The zero-order chi connectivity index (χ0) is 12.5. The monoisotopic (exact) mass is 238 g/mol. The third-order valence-corrected chi connectivity index (χ3v) is 2.16. The van der Waals surface area contributed by atoms with Crippen LogP contribution in [0.2, 0.25) is 0 Å². The fourth-order valence-electron chi connectivity index (χ4n) is 1.41. The van der Waals surface area contributed by atoms with Crippen molar-refractivity contribution in [3.05, 3.63) is 30.3 Å². The Kier molecular flexibility index (Phi) is 6.67. The van der Waals surface area contributed by atoms with Crippen LogP contribution >= 0.6 is 0 Å². The van der Waals surface area contributed by atoms with Crippen molar-refractivity contribution < 1.29 is 14.2 Å². The third-order valence-electron chi connectivity index (χ3n) is 2.16. The number of hydrogen-bond donors (Lipinski definition) is 0. The van der Waals surface area contributed by atoms with Gasteiger partial charge in [-0.15, -0.1) is 0 Å². The van der Waals surface area contributed by atoms with Gasteiger partial charge in [-0.05, 0) is 32.4 Å². The third kappa shape index (κ3) is 6.29. The fraction of sp³-hybridized carbons (Fsp3) is 0.571. The van der Waals surface area contributed by atoms with E-state index in [-0.39, 0.29) is 12.4 Å². The fourth-order valence-corrected chi connectivity index (χ4v) is 1.41. The maximum absolute atomic E-state index is 5.58. The standard InChI is InChI=1S/C14H22O3/c1-4-14(17-12(2)3)16-11-10-15-13-8-6-5-7-9-13/h5-9,12,14H,4,10-11H2,1-3H3. The lowest BCUT2D eigenvalue weighted by atomic mass is 10.3. The molecule has 0 radical (unpaired) electrons. The Morgan fingerprint density at radius 1 is 1.06 bits per heavy atom. The Balaban J connectivity index is 2.14. The summed E-state index contributed by atoms with van der Waals surface area (Å²) in [5.74, 6) is 0.869. The van der Waals surface area contributed by atoms with Crippen molar-refractivity contribution in [3.63, 3.8) is 0 Å². The summed E-state index contributed by atoms with van der Waals surface area (Å²) in [5.41, 5.74) is 0. The average molecular weight is 238 g/mol. The van der Waals surface area contributed by atoms with Gasteiger partial charge in [0, 0.05) is 0 Å². The van der Waals surface area contributed by atoms with E-state index in [1.165, 1.54) is 0 Å². The molecule has 0 aromatic heterocycles. The highest BCUT2D eigenvalue weighted by Crippen LogP contribution is 2.08. The molecule has 0 amide bonds. The van der Waals surface area contributed by atoms with Crippen LogP contribution in [0.15, 0.2) is 30.3 Å². The summed E-state index contributed by atoms with van der Waals surface area (Å²) >= 11 is 0. The molecule has 0 saturated heterocycles. The largest absolute Gasteiger partial charge is 0.491 e. The SMILES string of the molecule is CCC(OCCOc1ccccc1)OC(C)C. The molecule has 3 nitrogen and oxygen atoms in total. The van der Waals surface area contributed by atoms with Crippen LogP contribution in [-0.4, -0.2) is 25.6 Å². The first-order chi connectivity index (χ1) is 8.22. The Morgan fingerprint density at radius 3 is 2.35 bits per heavy atom. The molecule has 0 heterocycles. The maximum atomic E-state index is 5.58. The number of para-hydroxylation sites is 1. The molecule has 0 aliphatic carbocycles. The van der Waals surface area contributed by atoms with Gasteiger partial charge < -0.3 is 14.2 Å². The first-order valence-corrected chi connectivity index (χ1v) is 6.17. The van der Waals surface area contributed by atoms with Gasteiger partial charge in [0.15, 0.2) is 6.29 Å². The predicted octanol–water partition coefficient (Wildman–Crippen LogP) is 3.24. The van der Waals surface area contributed by atoms with Gasteiger partial charge in [0.1, 0.15) is 12.4 Å². The highest BCUT2D eigenvalue weighted by atomic mass is 16.7. The van der Waals surface area contributed by atoms with Gasteiger partial charge in [-0.1, -0.05) is 25.1 Å². The normalized spacial score (nSPS) is 12.7. The van der Waals surface area contributed by atoms with E-state index in [4.69, 9.17) is 14.2 Å². The second-order valence-electron chi connectivity index (χ2n) is 4.05. The minimum atomic E-state index is -0.130. The van der Waals surface area contributed by atoms with Gasteiger partial charge in [-0.3, -0.25) is 0 Å². The van der Waals surface area contributed by atoms with Crippen molar-refractivity contribution in [1.82, 2.24) is 0 Å². The molecule has 17 heavy (non-hydrogen) atoms. The van der Waals surface area contributed by atoms with Gasteiger partial charge in [-0.2, -0.15) is 0 Å². The van der Waals surface area contributed by atoms with Crippen LogP contribution < -0.4 is 4.74 Å². The summed E-state index contributed by atoms with van der Waals surface area (Å²) in [6, 6.07) is 9.73. The first-order valence-electron chi connectivity index (χ1n) is 6.17. The summed E-state index contributed by atoms with van der Waals surface area (Å²) in [4.78, 5) is 0. The Morgan fingerprint density at radius 2 is 1.76 bits per heavy atom. The number of hydrogen-bond acceptors (Lipinski definition) is 3. The van der Waals surface area contributed by atoms with Crippen LogP contribution in [0.5, 0.6) is 5.75 Å². The highest BCUT2D eigenvalue weighted by molar-refractivity contribution is 5.20. The van der Waals surface area contributed by atoms with Crippen LogP contribution in [0.3, 0.4) is 0 Å². The zero-order valence-electron chi connectivity index (χ0n) is 10.9. The molecule has 0 saturated carbocycles. The summed E-state index contributed by atoms with van der Waals surface area (Å²) < 4.78 is 16.7. The van der Waals surface area contributed by atoms with E-state index in [2.05, 4.69) is 0 Å². The Labute approximate surface area is 104 Å². The summed E-state index contributed by atoms with van der Waals surface area (Å²) in [6.07, 6.45) is 0.910. The molecule has 0 aliphatic rings. The van der Waals surface area contributed by atoms with Crippen LogP contribution in [0.25, 0.3) is 0 Å². The summed E-state index contributed by atoms with van der Waals surface area (Å²) in [7, 11) is 0. The average Bonchev–Trinajstić information content (AvgIpc) is 2.34. The molecule has 0 aliphatic heterocycles. The lowest BCUT2D eigenvalue weighted by Gasteiger charge is -2.19. The van der Waals surface area contributed by atoms with E-state index in [0.717, 1.165) is 12.2 Å². The second-order valence-corrected chi connectivity index (χ2v) is 4.05. The summed E-state index contributed by atoms with van der Waals surface area (Å²) in [6.45, 7) is 7.15. The van der Waals surface area contributed by atoms with Crippen LogP contribution in [0, 0.1) is 0 Å². The van der Waals surface area contributed by atoms with Crippen molar-refractivity contribution in [2.75, 3.05) is 13.2 Å². The molecule has 1 aromatic carbocycles. The molecule has 1 atom stereocenters. The molecule has 1 rings (SSSR count). The van der Waals surface area contributed by atoms with Crippen LogP contribution in [0.1, 0.15) is 27.2 Å². The van der Waals surface area contributed by atoms with Crippen molar-refractivity contribution in [1.29, 1.82) is 0 Å². The first kappa shape index (κ1) is 14.0. The molecular formula is C14H22O3. The highest BCUT2D eigenvalue weighted by Gasteiger charge is 2.08. The minimum Gasteiger partial charge on any atom is -0.491 e. The zero-order valence-corrected chi connectivity index (χ0v) is 10.9. The van der Waals surface area contributed by atoms with Gasteiger partial charge >= 0.3 is 0 Å². The predicted molar refractivity (Wildman–Crippen MR) is 68.2 cm³/mol. The topological polar surface area (TPSA) is 27.7 Å². The molecule has 0 spiro atoms. The molecule has 3 heteroatoms. The van der Waals surface area contributed by atoms with Crippen LogP contribution in [0.4, 0.5) is 0 Å². The van der Waals surface area contributed by atoms with E-state index < -0.39 is 0 Å². The molecule has 1 unspecified atom stereocenters. The van der Waals surface area contributed by atoms with Gasteiger partial charge in [0.2, 0.25) is 0 Å². The molecule has 0 fully saturated rings. The molecule has 0 N–H and O–H groups in total. The van der Waals surface area contributed by atoms with E-state index in [1.807, 2.05) is 51.1 Å². The van der Waals surface area contributed by atoms with E-state index in [1.54, 1.807) is 0 Å². The van der Waals surface area contributed by atoms with E-state index in [9.17, 15) is 0 Å². The maximum Gasteiger partial charge on any atom is 0.157 e. The van der Waals surface area contributed by atoms with Crippen molar-refractivity contribution in [2.45, 2.75) is 39.6 Å². The quantitative estimate of drug-likeness (QED) is 0.514. The Hall–Kier alpha value is -1.06. The molecule has 0 bridgehead atoms. The summed E-state index contributed by atoms with van der Waals surface area (Å²) in [5, 5.41) is 0. The van der Waals surface area contributed by atoms with Crippen molar-refractivity contribution in [2.24, 2.45) is 0 Å². The van der Waals surface area contributed by atoms with E-state index >= 15 is 0 Å². The lowest BCUT2D eigenvalue weighted by molar-refractivity contribution is -0.166. The van der Waals surface area contributed by atoms with Gasteiger partial charge in [0.05, 0.1) is 12.7 Å².